The molecule has 1 atom stereocenters. The van der Waals surface area contributed by atoms with Crippen LogP contribution in [0.4, 0.5) is 0 Å². The Balaban J connectivity index is 1.59. The number of benzene rings is 2. The third-order valence-electron chi connectivity index (χ3n) is 5.86. The lowest BCUT2D eigenvalue weighted by Crippen LogP contribution is -2.33. The summed E-state index contributed by atoms with van der Waals surface area (Å²) >= 11 is 0. The SMILES string of the molecule is CN(C)C(=O)c1ccc(C2=CNC3C=CC(/C(=C/N)C(=N)c4ccc(S(C)(=O)=O)cc4)=CN23)cc1. The van der Waals surface area contributed by atoms with Crippen LogP contribution in [0.25, 0.3) is 5.70 Å². The number of carbonyl (C=O) groups excluding carboxylic acids is 1. The molecule has 2 aromatic rings. The maximum atomic E-state index is 12.2. The van der Waals surface area contributed by atoms with Gasteiger partial charge in [0.05, 0.1) is 16.3 Å². The van der Waals surface area contributed by atoms with Crippen molar-refractivity contribution in [1.82, 2.24) is 15.1 Å². The van der Waals surface area contributed by atoms with Gasteiger partial charge in [-0.1, -0.05) is 30.3 Å². The van der Waals surface area contributed by atoms with Gasteiger partial charge in [-0.15, -0.1) is 0 Å². The van der Waals surface area contributed by atoms with Gasteiger partial charge in [0, 0.05) is 61.2 Å². The first kappa shape index (κ1) is 24.0. The quantitative estimate of drug-likeness (QED) is 0.537. The molecule has 0 saturated heterocycles. The van der Waals surface area contributed by atoms with E-state index < -0.39 is 9.84 Å². The monoisotopic (exact) mass is 489 g/mol. The summed E-state index contributed by atoms with van der Waals surface area (Å²) in [7, 11) is 0.119. The summed E-state index contributed by atoms with van der Waals surface area (Å²) in [6, 6.07) is 13.6. The molecule has 0 fully saturated rings. The first-order valence-electron chi connectivity index (χ1n) is 10.9. The summed E-state index contributed by atoms with van der Waals surface area (Å²) in [5, 5.41) is 12.0. The zero-order valence-corrected chi connectivity index (χ0v) is 20.5. The van der Waals surface area contributed by atoms with E-state index in [1.54, 1.807) is 38.4 Å². The molecule has 8 nitrogen and oxygen atoms in total. The summed E-state index contributed by atoms with van der Waals surface area (Å²) in [6.07, 6.45) is 10.2. The second kappa shape index (κ2) is 9.27. The van der Waals surface area contributed by atoms with E-state index in [9.17, 15) is 13.2 Å². The zero-order valence-electron chi connectivity index (χ0n) is 19.7. The first-order valence-corrected chi connectivity index (χ1v) is 12.8. The van der Waals surface area contributed by atoms with Gasteiger partial charge in [0.2, 0.25) is 0 Å². The van der Waals surface area contributed by atoms with Crippen LogP contribution in [0.2, 0.25) is 0 Å². The van der Waals surface area contributed by atoms with E-state index in [4.69, 9.17) is 11.1 Å². The molecular formula is C26H27N5O3S. The summed E-state index contributed by atoms with van der Waals surface area (Å²) < 4.78 is 23.5. The van der Waals surface area contributed by atoms with Crippen LogP contribution in [0.1, 0.15) is 21.5 Å². The molecule has 0 aliphatic carbocycles. The largest absolute Gasteiger partial charge is 0.404 e. The number of nitrogens with zero attached hydrogens (tertiary/aromatic N) is 2. The molecule has 1 amide bonds. The molecule has 2 aliphatic heterocycles. The summed E-state index contributed by atoms with van der Waals surface area (Å²) in [5.41, 5.74) is 10.4. The number of hydrogen-bond donors (Lipinski definition) is 3. The number of allylic oxidation sites excluding steroid dienone is 3. The van der Waals surface area contributed by atoms with E-state index in [1.807, 2.05) is 41.6 Å². The zero-order chi connectivity index (χ0) is 25.3. The lowest BCUT2D eigenvalue weighted by Gasteiger charge is -2.28. The van der Waals surface area contributed by atoms with Crippen molar-refractivity contribution in [2.24, 2.45) is 5.73 Å². The van der Waals surface area contributed by atoms with Gasteiger partial charge in [0.15, 0.2) is 9.84 Å². The average Bonchev–Trinajstić information content (AvgIpc) is 3.27. The van der Waals surface area contributed by atoms with Crippen LogP contribution in [0, 0.1) is 5.41 Å². The normalized spacial score (nSPS) is 17.3. The highest BCUT2D eigenvalue weighted by atomic mass is 32.2. The predicted octanol–water partition coefficient (Wildman–Crippen LogP) is 2.69. The predicted molar refractivity (Wildman–Crippen MR) is 137 cm³/mol. The molecule has 9 heteroatoms. The summed E-state index contributed by atoms with van der Waals surface area (Å²) in [4.78, 5) is 16.0. The Bertz CT molecular complexity index is 1400. The van der Waals surface area contributed by atoms with Crippen molar-refractivity contribution in [3.8, 4) is 0 Å². The molecule has 0 saturated carbocycles. The molecule has 4 rings (SSSR count). The average molecular weight is 490 g/mol. The molecule has 0 bridgehead atoms. The van der Waals surface area contributed by atoms with Crippen LogP contribution in [-0.2, 0) is 9.84 Å². The second-order valence-electron chi connectivity index (χ2n) is 8.52. The molecule has 0 aromatic heterocycles. The number of amides is 1. The minimum Gasteiger partial charge on any atom is -0.404 e. The van der Waals surface area contributed by atoms with Crippen molar-refractivity contribution in [3.63, 3.8) is 0 Å². The number of sulfone groups is 1. The number of nitrogens with one attached hydrogen (secondary N) is 2. The Kier molecular flexibility index (Phi) is 6.36. The van der Waals surface area contributed by atoms with Crippen molar-refractivity contribution >= 4 is 27.2 Å². The van der Waals surface area contributed by atoms with Crippen LogP contribution in [-0.4, -0.2) is 56.4 Å². The van der Waals surface area contributed by atoms with E-state index >= 15 is 0 Å². The van der Waals surface area contributed by atoms with Crippen molar-refractivity contribution in [3.05, 3.63) is 107 Å². The highest BCUT2D eigenvalue weighted by Gasteiger charge is 2.27. The maximum Gasteiger partial charge on any atom is 0.253 e. The van der Waals surface area contributed by atoms with E-state index in [0.29, 0.717) is 16.7 Å². The second-order valence-corrected chi connectivity index (χ2v) is 10.5. The van der Waals surface area contributed by atoms with Crippen molar-refractivity contribution in [2.75, 3.05) is 20.4 Å². The molecule has 35 heavy (non-hydrogen) atoms. The highest BCUT2D eigenvalue weighted by Crippen LogP contribution is 2.32. The van der Waals surface area contributed by atoms with Crippen molar-refractivity contribution in [1.29, 1.82) is 5.41 Å². The van der Waals surface area contributed by atoms with Gasteiger partial charge in [-0.3, -0.25) is 10.2 Å². The minimum absolute atomic E-state index is 0.0585. The van der Waals surface area contributed by atoms with Crippen LogP contribution in [0.3, 0.4) is 0 Å². The maximum absolute atomic E-state index is 12.2. The van der Waals surface area contributed by atoms with Gasteiger partial charge < -0.3 is 20.9 Å². The van der Waals surface area contributed by atoms with Crippen molar-refractivity contribution < 1.29 is 13.2 Å². The number of nitrogens with two attached hydrogens (primary N) is 1. The number of carbonyl (C=O) groups is 1. The van der Waals surface area contributed by atoms with Crippen LogP contribution < -0.4 is 11.1 Å². The van der Waals surface area contributed by atoms with Gasteiger partial charge in [-0.25, -0.2) is 8.42 Å². The van der Waals surface area contributed by atoms with Gasteiger partial charge in [-0.05, 0) is 35.9 Å². The van der Waals surface area contributed by atoms with Crippen LogP contribution >= 0.6 is 0 Å². The van der Waals surface area contributed by atoms with E-state index in [2.05, 4.69) is 5.32 Å². The topological polar surface area (TPSA) is 120 Å². The number of rotatable bonds is 6. The van der Waals surface area contributed by atoms with Gasteiger partial charge in [0.1, 0.15) is 6.17 Å². The molecule has 180 valence electrons. The molecule has 2 aromatic carbocycles. The van der Waals surface area contributed by atoms with Gasteiger partial charge in [-0.2, -0.15) is 0 Å². The van der Waals surface area contributed by atoms with E-state index in [-0.39, 0.29) is 22.7 Å². The standard InChI is InChI=1S/C26H27N5O3S/c1-30(2)26(32)19-6-4-17(5-7-19)23-15-29-24-13-10-20(16-31(23)24)22(14-27)25(28)18-8-11-21(12-9-18)35(3,33)34/h4-16,24,28-29H,27H2,1-3H3/b22-14-,28-25?. The molecule has 1 unspecified atom stereocenters. The lowest BCUT2D eigenvalue weighted by molar-refractivity contribution is 0.0827. The Morgan fingerprint density at radius 2 is 1.71 bits per heavy atom. The fraction of sp³-hybridized carbons (Fsp3) is 0.154. The molecule has 4 N–H and O–H groups in total. The third kappa shape index (κ3) is 4.76. The Morgan fingerprint density at radius 3 is 2.29 bits per heavy atom. The minimum atomic E-state index is -3.32. The Morgan fingerprint density at radius 1 is 1.09 bits per heavy atom. The van der Waals surface area contributed by atoms with Crippen molar-refractivity contribution in [2.45, 2.75) is 11.1 Å². The Labute approximate surface area is 205 Å². The van der Waals surface area contributed by atoms with Gasteiger partial charge in [0.25, 0.3) is 5.91 Å². The van der Waals surface area contributed by atoms with Gasteiger partial charge >= 0.3 is 0 Å². The lowest BCUT2D eigenvalue weighted by atomic mass is 9.95. The molecule has 2 heterocycles. The fourth-order valence-corrected chi connectivity index (χ4v) is 4.57. The number of hydrogen-bond acceptors (Lipinski definition) is 7. The van der Waals surface area contributed by atoms with E-state index in [0.717, 1.165) is 23.1 Å². The fourth-order valence-electron chi connectivity index (χ4n) is 3.94. The molecule has 0 spiro atoms. The van der Waals surface area contributed by atoms with Crippen LogP contribution in [0.15, 0.2) is 95.3 Å². The third-order valence-corrected chi connectivity index (χ3v) is 6.99. The summed E-state index contributed by atoms with van der Waals surface area (Å²) in [6.45, 7) is 0. The molecule has 0 radical (unpaired) electrons. The number of fused-ring (bicyclic) bond motifs is 1. The molecular weight excluding hydrogens is 462 g/mol. The van der Waals surface area contributed by atoms with Crippen LogP contribution in [0.5, 0.6) is 0 Å². The first-order chi connectivity index (χ1) is 16.6. The Hall–Kier alpha value is -4.11. The molecule has 2 aliphatic rings. The highest BCUT2D eigenvalue weighted by molar-refractivity contribution is 7.90. The van der Waals surface area contributed by atoms with E-state index in [1.165, 1.54) is 23.2 Å². The summed E-state index contributed by atoms with van der Waals surface area (Å²) in [5.74, 6) is -0.0585. The smallest absolute Gasteiger partial charge is 0.253 e.